The molecule has 3 aromatic rings. The zero-order valence-electron chi connectivity index (χ0n) is 19.3. The van der Waals surface area contributed by atoms with Crippen molar-refractivity contribution in [2.75, 3.05) is 18.1 Å². The molecule has 1 aliphatic heterocycles. The average Bonchev–Trinajstić information content (AvgIpc) is 3.20. The van der Waals surface area contributed by atoms with Crippen molar-refractivity contribution in [3.8, 4) is 5.75 Å². The molecule has 3 heterocycles. The Kier molecular flexibility index (Phi) is 6.67. The molecular weight excluding hydrogens is 406 g/mol. The van der Waals surface area contributed by atoms with E-state index >= 15 is 0 Å². The van der Waals surface area contributed by atoms with Crippen molar-refractivity contribution < 1.29 is 4.74 Å². The standard InChI is InChI=1S/C24H33N5O3/c1-4-6-7-8-9-15-29-22(30)20-21(26(3)24(29)31)25-23-27(16-10-17-28(20)23)18-11-13-19(14-12-18)32-5-2/h11-14H,4-10,15-17H2,1-3H3. The van der Waals surface area contributed by atoms with Crippen LogP contribution in [0.3, 0.4) is 0 Å². The summed E-state index contributed by atoms with van der Waals surface area (Å²) < 4.78 is 10.4. The fourth-order valence-electron chi connectivity index (χ4n) is 4.47. The molecule has 0 bridgehead atoms. The SMILES string of the molecule is CCCCCCCn1c(=O)c2c(nc3n2CCCN3c2ccc(OCC)cc2)n(C)c1=O. The predicted molar refractivity (Wildman–Crippen MR) is 127 cm³/mol. The third-order valence-corrected chi connectivity index (χ3v) is 6.16. The summed E-state index contributed by atoms with van der Waals surface area (Å²) in [6.45, 7) is 6.73. The molecule has 0 N–H and O–H groups in total. The van der Waals surface area contributed by atoms with Gasteiger partial charge in [-0.25, -0.2) is 4.79 Å². The second kappa shape index (κ2) is 9.63. The highest BCUT2D eigenvalue weighted by molar-refractivity contribution is 5.77. The molecule has 0 amide bonds. The van der Waals surface area contributed by atoms with Gasteiger partial charge in [-0.1, -0.05) is 32.6 Å². The fraction of sp³-hybridized carbons (Fsp3) is 0.542. The number of hydrogen-bond acceptors (Lipinski definition) is 5. The third kappa shape index (κ3) is 4.06. The first-order valence-corrected chi connectivity index (χ1v) is 11.8. The van der Waals surface area contributed by atoms with E-state index in [9.17, 15) is 9.59 Å². The van der Waals surface area contributed by atoms with Crippen molar-refractivity contribution in [1.82, 2.24) is 18.7 Å². The van der Waals surface area contributed by atoms with Crippen molar-refractivity contribution in [2.24, 2.45) is 7.05 Å². The number of imidazole rings is 1. The van der Waals surface area contributed by atoms with Gasteiger partial charge in [0.2, 0.25) is 5.95 Å². The Bertz CT molecular complexity index is 1190. The lowest BCUT2D eigenvalue weighted by atomic mass is 10.1. The maximum Gasteiger partial charge on any atom is 0.332 e. The van der Waals surface area contributed by atoms with Crippen LogP contribution in [0.5, 0.6) is 5.75 Å². The first-order chi connectivity index (χ1) is 15.6. The van der Waals surface area contributed by atoms with E-state index in [-0.39, 0.29) is 11.2 Å². The smallest absolute Gasteiger partial charge is 0.332 e. The highest BCUT2D eigenvalue weighted by Crippen LogP contribution is 2.31. The lowest BCUT2D eigenvalue weighted by Gasteiger charge is -2.29. The predicted octanol–water partition coefficient (Wildman–Crippen LogP) is 3.81. The molecule has 1 aromatic carbocycles. The van der Waals surface area contributed by atoms with E-state index in [0.29, 0.717) is 36.8 Å². The molecule has 0 atom stereocenters. The lowest BCUT2D eigenvalue weighted by molar-refractivity contribution is 0.340. The number of nitrogens with zero attached hydrogens (tertiary/aromatic N) is 5. The summed E-state index contributed by atoms with van der Waals surface area (Å²) in [6, 6.07) is 7.91. The van der Waals surface area contributed by atoms with Gasteiger partial charge in [0.1, 0.15) is 5.75 Å². The van der Waals surface area contributed by atoms with Gasteiger partial charge >= 0.3 is 5.69 Å². The normalized spacial score (nSPS) is 13.5. The molecule has 8 nitrogen and oxygen atoms in total. The molecule has 1 aliphatic rings. The third-order valence-electron chi connectivity index (χ3n) is 6.16. The topological polar surface area (TPSA) is 74.3 Å². The van der Waals surface area contributed by atoms with E-state index in [2.05, 4.69) is 11.8 Å². The van der Waals surface area contributed by atoms with Crippen LogP contribution in [-0.4, -0.2) is 31.8 Å². The second-order valence-corrected chi connectivity index (χ2v) is 8.38. The van der Waals surface area contributed by atoms with E-state index in [1.807, 2.05) is 35.8 Å². The molecular formula is C24H33N5O3. The molecule has 32 heavy (non-hydrogen) atoms. The lowest BCUT2D eigenvalue weighted by Crippen LogP contribution is -2.40. The van der Waals surface area contributed by atoms with Crippen LogP contribution in [0.1, 0.15) is 52.4 Å². The van der Waals surface area contributed by atoms with Crippen LogP contribution in [0.4, 0.5) is 11.6 Å². The molecule has 172 valence electrons. The van der Waals surface area contributed by atoms with Crippen molar-refractivity contribution in [1.29, 1.82) is 0 Å². The highest BCUT2D eigenvalue weighted by atomic mass is 16.5. The number of unbranched alkanes of at least 4 members (excludes halogenated alkanes) is 4. The Labute approximate surface area is 188 Å². The Balaban J connectivity index is 1.72. The van der Waals surface area contributed by atoms with Crippen LogP contribution in [-0.2, 0) is 20.1 Å². The van der Waals surface area contributed by atoms with Crippen molar-refractivity contribution in [3.63, 3.8) is 0 Å². The molecule has 0 aliphatic carbocycles. The highest BCUT2D eigenvalue weighted by Gasteiger charge is 2.26. The summed E-state index contributed by atoms with van der Waals surface area (Å²) in [5.41, 5.74) is 1.44. The molecule has 0 unspecified atom stereocenters. The maximum absolute atomic E-state index is 13.4. The van der Waals surface area contributed by atoms with Crippen molar-refractivity contribution in [3.05, 3.63) is 45.1 Å². The molecule has 0 radical (unpaired) electrons. The van der Waals surface area contributed by atoms with Crippen LogP contribution in [0.2, 0.25) is 0 Å². The van der Waals surface area contributed by atoms with Crippen LogP contribution in [0.25, 0.3) is 11.2 Å². The summed E-state index contributed by atoms with van der Waals surface area (Å²) in [4.78, 5) is 33.2. The van der Waals surface area contributed by atoms with Crippen molar-refractivity contribution in [2.45, 2.75) is 65.5 Å². The Morgan fingerprint density at radius 1 is 1.00 bits per heavy atom. The fourth-order valence-corrected chi connectivity index (χ4v) is 4.47. The number of benzene rings is 1. The largest absolute Gasteiger partial charge is 0.494 e. The minimum atomic E-state index is -0.291. The molecule has 0 spiro atoms. The van der Waals surface area contributed by atoms with Crippen LogP contribution >= 0.6 is 0 Å². The van der Waals surface area contributed by atoms with Gasteiger partial charge in [0.05, 0.1) is 6.61 Å². The number of ether oxygens (including phenoxy) is 1. The van der Waals surface area contributed by atoms with Crippen LogP contribution in [0.15, 0.2) is 33.9 Å². The quantitative estimate of drug-likeness (QED) is 0.474. The van der Waals surface area contributed by atoms with E-state index in [1.54, 1.807) is 7.05 Å². The van der Waals surface area contributed by atoms with Gasteiger partial charge in [-0.05, 0) is 44.0 Å². The van der Waals surface area contributed by atoms with Gasteiger partial charge in [-0.15, -0.1) is 0 Å². The summed E-state index contributed by atoms with van der Waals surface area (Å²) >= 11 is 0. The van der Waals surface area contributed by atoms with Gasteiger partial charge in [-0.2, -0.15) is 4.98 Å². The molecule has 4 rings (SSSR count). The monoisotopic (exact) mass is 439 g/mol. The maximum atomic E-state index is 13.4. The van der Waals surface area contributed by atoms with E-state index in [0.717, 1.165) is 43.7 Å². The number of hydrogen-bond donors (Lipinski definition) is 0. The zero-order chi connectivity index (χ0) is 22.7. The number of fused-ring (bicyclic) bond motifs is 3. The van der Waals surface area contributed by atoms with Gasteiger partial charge in [0.25, 0.3) is 5.56 Å². The second-order valence-electron chi connectivity index (χ2n) is 8.38. The van der Waals surface area contributed by atoms with Gasteiger partial charge in [-0.3, -0.25) is 13.9 Å². The zero-order valence-corrected chi connectivity index (χ0v) is 19.3. The molecule has 0 fully saturated rings. The molecule has 2 aromatic heterocycles. The van der Waals surface area contributed by atoms with Gasteiger partial charge < -0.3 is 14.2 Å². The summed E-state index contributed by atoms with van der Waals surface area (Å²) in [5.74, 6) is 1.54. The summed E-state index contributed by atoms with van der Waals surface area (Å²) in [5, 5.41) is 0. The summed E-state index contributed by atoms with van der Waals surface area (Å²) in [6.07, 6.45) is 6.24. The number of aryl methyl sites for hydroxylation is 2. The Morgan fingerprint density at radius 3 is 2.47 bits per heavy atom. The number of anilines is 2. The van der Waals surface area contributed by atoms with Gasteiger partial charge in [0.15, 0.2) is 11.2 Å². The number of rotatable bonds is 9. The first kappa shape index (κ1) is 22.2. The van der Waals surface area contributed by atoms with Crippen LogP contribution < -0.4 is 20.9 Å². The van der Waals surface area contributed by atoms with Crippen LogP contribution in [0, 0.1) is 0 Å². The minimum Gasteiger partial charge on any atom is -0.494 e. The summed E-state index contributed by atoms with van der Waals surface area (Å²) in [7, 11) is 1.71. The van der Waals surface area contributed by atoms with Gasteiger partial charge in [0, 0.05) is 32.4 Å². The molecule has 8 heteroatoms. The average molecular weight is 440 g/mol. The minimum absolute atomic E-state index is 0.231. The van der Waals surface area contributed by atoms with E-state index in [4.69, 9.17) is 9.72 Å². The molecule has 0 saturated heterocycles. The van der Waals surface area contributed by atoms with Crippen molar-refractivity contribution >= 4 is 22.8 Å². The first-order valence-electron chi connectivity index (χ1n) is 11.8. The Morgan fingerprint density at radius 2 is 1.75 bits per heavy atom. The van der Waals surface area contributed by atoms with E-state index in [1.165, 1.54) is 22.0 Å². The molecule has 0 saturated carbocycles. The van der Waals surface area contributed by atoms with E-state index < -0.39 is 0 Å². The Hall–Kier alpha value is -3.03. The number of aromatic nitrogens is 4.